The number of nitrogens with zero attached hydrogens (tertiary/aromatic N) is 2. The fourth-order valence-corrected chi connectivity index (χ4v) is 3.50. The number of amides is 1. The summed E-state index contributed by atoms with van der Waals surface area (Å²) in [6.45, 7) is 5.19. The number of carbonyl (C=O) groups excluding carboxylic acids is 1. The van der Waals surface area contributed by atoms with Crippen LogP contribution in [0.3, 0.4) is 0 Å². The van der Waals surface area contributed by atoms with Crippen molar-refractivity contribution in [1.82, 2.24) is 9.80 Å². The van der Waals surface area contributed by atoms with E-state index in [9.17, 15) is 4.79 Å². The molecule has 112 valence electrons. The topological polar surface area (TPSA) is 42.0 Å². The zero-order valence-corrected chi connectivity index (χ0v) is 12.1. The summed E-state index contributed by atoms with van der Waals surface area (Å²) >= 11 is 0. The van der Waals surface area contributed by atoms with E-state index in [-0.39, 0.29) is 5.91 Å². The van der Waals surface area contributed by atoms with E-state index in [1.165, 1.54) is 0 Å². The van der Waals surface area contributed by atoms with Gasteiger partial charge in [-0.3, -0.25) is 4.79 Å². The standard InChI is InChI=1S/C16H20N2O3/c19-16(18-8-7-17-5-3-13(18)4-6-17)12-1-2-14-15(11-12)21-10-9-20-14/h1-2,11,13H,3-10H2. The third-order valence-electron chi connectivity index (χ3n) is 4.70. The number of hydrogen-bond donors (Lipinski definition) is 0. The molecule has 0 atom stereocenters. The highest BCUT2D eigenvalue weighted by Gasteiger charge is 2.32. The molecular weight excluding hydrogens is 268 g/mol. The quantitative estimate of drug-likeness (QED) is 0.783. The first-order valence-electron chi connectivity index (χ1n) is 7.74. The second kappa shape index (κ2) is 5.22. The lowest BCUT2D eigenvalue weighted by Crippen LogP contribution is -2.41. The van der Waals surface area contributed by atoms with Crippen LogP contribution in [0.2, 0.25) is 0 Å². The summed E-state index contributed by atoms with van der Waals surface area (Å²) in [5.74, 6) is 1.55. The summed E-state index contributed by atoms with van der Waals surface area (Å²) in [5, 5.41) is 0. The van der Waals surface area contributed by atoms with E-state index in [1.54, 1.807) is 0 Å². The molecule has 0 aliphatic carbocycles. The SMILES string of the molecule is O=C(c1ccc2c(c1)OCCO2)N1CCN2CCC1CC2. The lowest BCUT2D eigenvalue weighted by Gasteiger charge is -2.31. The Bertz CT molecular complexity index is 552. The van der Waals surface area contributed by atoms with E-state index in [1.807, 2.05) is 18.2 Å². The van der Waals surface area contributed by atoms with Gasteiger partial charge in [0.05, 0.1) is 0 Å². The van der Waals surface area contributed by atoms with Crippen LogP contribution in [0.5, 0.6) is 11.5 Å². The van der Waals surface area contributed by atoms with Gasteiger partial charge in [-0.25, -0.2) is 0 Å². The Morgan fingerprint density at radius 3 is 2.57 bits per heavy atom. The van der Waals surface area contributed by atoms with Crippen molar-refractivity contribution >= 4 is 5.91 Å². The van der Waals surface area contributed by atoms with E-state index >= 15 is 0 Å². The molecule has 3 saturated heterocycles. The molecule has 21 heavy (non-hydrogen) atoms. The Kier molecular flexibility index (Phi) is 3.22. The maximum Gasteiger partial charge on any atom is 0.254 e. The van der Waals surface area contributed by atoms with Gasteiger partial charge < -0.3 is 19.3 Å². The zero-order valence-electron chi connectivity index (χ0n) is 12.1. The van der Waals surface area contributed by atoms with Crippen LogP contribution >= 0.6 is 0 Å². The molecule has 1 amide bonds. The number of piperidine rings is 1. The van der Waals surface area contributed by atoms with E-state index in [0.717, 1.165) is 44.8 Å². The molecule has 0 N–H and O–H groups in total. The molecule has 1 aromatic rings. The Hall–Kier alpha value is -1.75. The van der Waals surface area contributed by atoms with Gasteiger partial charge in [0.25, 0.3) is 5.91 Å². The van der Waals surface area contributed by atoms with E-state index in [2.05, 4.69) is 9.80 Å². The highest BCUT2D eigenvalue weighted by Crippen LogP contribution is 2.32. The number of carbonyl (C=O) groups is 1. The van der Waals surface area contributed by atoms with Crippen molar-refractivity contribution in [1.29, 1.82) is 0 Å². The highest BCUT2D eigenvalue weighted by molar-refractivity contribution is 5.95. The Morgan fingerprint density at radius 2 is 1.76 bits per heavy atom. The van der Waals surface area contributed by atoms with Gasteiger partial charge in [-0.2, -0.15) is 0 Å². The Labute approximate surface area is 124 Å². The molecule has 4 heterocycles. The average molecular weight is 288 g/mol. The minimum atomic E-state index is 0.126. The van der Waals surface area contributed by atoms with Crippen molar-refractivity contribution in [3.63, 3.8) is 0 Å². The molecule has 0 radical (unpaired) electrons. The second-order valence-corrected chi connectivity index (χ2v) is 5.93. The predicted molar refractivity (Wildman–Crippen MR) is 77.9 cm³/mol. The minimum Gasteiger partial charge on any atom is -0.486 e. The van der Waals surface area contributed by atoms with Crippen LogP contribution in [0.1, 0.15) is 23.2 Å². The smallest absolute Gasteiger partial charge is 0.254 e. The maximum absolute atomic E-state index is 12.8. The van der Waals surface area contributed by atoms with Gasteiger partial charge >= 0.3 is 0 Å². The molecule has 4 aliphatic rings. The van der Waals surface area contributed by atoms with Crippen LogP contribution in [-0.2, 0) is 0 Å². The first-order valence-corrected chi connectivity index (χ1v) is 7.74. The van der Waals surface area contributed by atoms with Gasteiger partial charge in [0.2, 0.25) is 0 Å². The van der Waals surface area contributed by atoms with E-state index in [0.29, 0.717) is 30.6 Å². The summed E-state index contributed by atoms with van der Waals surface area (Å²) in [4.78, 5) is 17.3. The number of ether oxygens (including phenoxy) is 2. The third kappa shape index (κ3) is 2.35. The van der Waals surface area contributed by atoms with Crippen LogP contribution in [0.15, 0.2) is 18.2 Å². The van der Waals surface area contributed by atoms with Crippen LogP contribution < -0.4 is 9.47 Å². The van der Waals surface area contributed by atoms with Crippen LogP contribution in [0.25, 0.3) is 0 Å². The number of fused-ring (bicyclic) bond motifs is 5. The van der Waals surface area contributed by atoms with Gasteiger partial charge in [-0.05, 0) is 31.0 Å². The Morgan fingerprint density at radius 1 is 1.00 bits per heavy atom. The molecular formula is C16H20N2O3. The highest BCUT2D eigenvalue weighted by atomic mass is 16.6. The summed E-state index contributed by atoms with van der Waals surface area (Å²) in [7, 11) is 0. The molecule has 0 spiro atoms. The summed E-state index contributed by atoms with van der Waals surface area (Å²) in [6, 6.07) is 5.92. The van der Waals surface area contributed by atoms with Crippen LogP contribution in [0, 0.1) is 0 Å². The first kappa shape index (κ1) is 13.0. The monoisotopic (exact) mass is 288 g/mol. The molecule has 5 heteroatoms. The van der Waals surface area contributed by atoms with Gasteiger partial charge in [0.1, 0.15) is 13.2 Å². The zero-order chi connectivity index (χ0) is 14.2. The molecule has 2 bridgehead atoms. The van der Waals surface area contributed by atoms with Gasteiger partial charge in [-0.15, -0.1) is 0 Å². The molecule has 0 unspecified atom stereocenters. The summed E-state index contributed by atoms with van der Waals surface area (Å²) in [6.07, 6.45) is 2.19. The van der Waals surface area contributed by atoms with Crippen molar-refractivity contribution < 1.29 is 14.3 Å². The fraction of sp³-hybridized carbons (Fsp3) is 0.562. The van der Waals surface area contributed by atoms with E-state index < -0.39 is 0 Å². The van der Waals surface area contributed by atoms with Gasteiger partial charge in [0, 0.05) is 37.8 Å². The minimum absolute atomic E-state index is 0.126. The number of rotatable bonds is 1. The largest absolute Gasteiger partial charge is 0.486 e. The second-order valence-electron chi connectivity index (χ2n) is 5.93. The normalized spacial score (nSPS) is 27.3. The van der Waals surface area contributed by atoms with Crippen molar-refractivity contribution in [2.45, 2.75) is 18.9 Å². The molecule has 0 saturated carbocycles. The number of benzene rings is 1. The molecule has 5 rings (SSSR count). The van der Waals surface area contributed by atoms with Crippen LogP contribution in [-0.4, -0.2) is 61.1 Å². The fourth-order valence-electron chi connectivity index (χ4n) is 3.50. The lowest BCUT2D eigenvalue weighted by atomic mass is 10.0. The third-order valence-corrected chi connectivity index (χ3v) is 4.70. The van der Waals surface area contributed by atoms with E-state index in [4.69, 9.17) is 9.47 Å². The van der Waals surface area contributed by atoms with Gasteiger partial charge in [0.15, 0.2) is 11.5 Å². The first-order chi connectivity index (χ1) is 10.3. The summed E-state index contributed by atoms with van der Waals surface area (Å²) < 4.78 is 11.1. The van der Waals surface area contributed by atoms with Crippen molar-refractivity contribution in [2.75, 3.05) is 39.4 Å². The predicted octanol–water partition coefficient (Wildman–Crippen LogP) is 1.38. The average Bonchev–Trinajstić information content (AvgIpc) is 2.87. The molecule has 4 aliphatic heterocycles. The van der Waals surface area contributed by atoms with Crippen molar-refractivity contribution in [2.24, 2.45) is 0 Å². The lowest BCUT2D eigenvalue weighted by molar-refractivity contribution is 0.0684. The molecule has 1 aromatic carbocycles. The van der Waals surface area contributed by atoms with Crippen molar-refractivity contribution in [3.8, 4) is 11.5 Å². The number of hydrogen-bond acceptors (Lipinski definition) is 4. The molecule has 5 nitrogen and oxygen atoms in total. The van der Waals surface area contributed by atoms with Crippen molar-refractivity contribution in [3.05, 3.63) is 23.8 Å². The molecule has 3 fully saturated rings. The van der Waals surface area contributed by atoms with Crippen LogP contribution in [0.4, 0.5) is 0 Å². The van der Waals surface area contributed by atoms with Gasteiger partial charge in [-0.1, -0.05) is 0 Å². The molecule has 0 aromatic heterocycles. The summed E-state index contributed by atoms with van der Waals surface area (Å²) in [5.41, 5.74) is 0.708. The Balaban J connectivity index is 1.59. The maximum atomic E-state index is 12.8.